The Morgan fingerprint density at radius 1 is 1.20 bits per heavy atom. The third-order valence-corrected chi connectivity index (χ3v) is 3.65. The summed E-state index contributed by atoms with van der Waals surface area (Å²) in [6, 6.07) is 11.7. The molecule has 3 aromatic rings. The van der Waals surface area contributed by atoms with Gasteiger partial charge in [-0.3, -0.25) is 0 Å². The summed E-state index contributed by atoms with van der Waals surface area (Å²) in [5, 5.41) is 0. The maximum Gasteiger partial charge on any atom is 0.136 e. The van der Waals surface area contributed by atoms with Crippen molar-refractivity contribution < 1.29 is 9.47 Å². The molecule has 0 amide bonds. The Hall–Kier alpha value is -2.01. The topological polar surface area (TPSA) is 47.1 Å². The highest BCUT2D eigenvalue weighted by Crippen LogP contribution is 2.29. The Labute approximate surface area is 124 Å². The van der Waals surface area contributed by atoms with Gasteiger partial charge in [-0.25, -0.2) is 4.98 Å². The number of aromatic amines is 1. The minimum absolute atomic E-state index is 0.499. The molecule has 20 heavy (non-hydrogen) atoms. The van der Waals surface area contributed by atoms with E-state index in [2.05, 4.69) is 25.9 Å². The zero-order valence-corrected chi connectivity index (χ0v) is 12.5. The van der Waals surface area contributed by atoms with Gasteiger partial charge in [-0.15, -0.1) is 0 Å². The van der Waals surface area contributed by atoms with Gasteiger partial charge in [0, 0.05) is 6.07 Å². The summed E-state index contributed by atoms with van der Waals surface area (Å²) in [6.45, 7) is 0.499. The van der Waals surface area contributed by atoms with E-state index in [1.807, 2.05) is 36.4 Å². The van der Waals surface area contributed by atoms with E-state index in [-0.39, 0.29) is 0 Å². The maximum absolute atomic E-state index is 5.83. The summed E-state index contributed by atoms with van der Waals surface area (Å²) in [4.78, 5) is 7.29. The standard InChI is InChI=1S/C15H13BrN2O2/c1-19-11-4-2-10(3-5-11)8-20-15-7-14-13(6-12(15)16)17-9-18-14/h2-7,9H,8H2,1H3,(H,17,18). The predicted octanol–water partition coefficient (Wildman–Crippen LogP) is 3.91. The van der Waals surface area contributed by atoms with Crippen LogP contribution in [0.15, 0.2) is 47.2 Å². The number of rotatable bonds is 4. The van der Waals surface area contributed by atoms with Crippen LogP contribution in [-0.4, -0.2) is 17.1 Å². The minimum atomic E-state index is 0.499. The molecule has 0 aliphatic rings. The summed E-state index contributed by atoms with van der Waals surface area (Å²) < 4.78 is 11.9. The fourth-order valence-corrected chi connectivity index (χ4v) is 2.39. The second-order valence-electron chi connectivity index (χ2n) is 4.34. The van der Waals surface area contributed by atoms with E-state index in [0.717, 1.165) is 32.6 Å². The van der Waals surface area contributed by atoms with Gasteiger partial charge in [0.25, 0.3) is 0 Å². The predicted molar refractivity (Wildman–Crippen MR) is 81.1 cm³/mol. The Morgan fingerprint density at radius 3 is 2.75 bits per heavy atom. The summed E-state index contributed by atoms with van der Waals surface area (Å²) in [5.74, 6) is 1.62. The Morgan fingerprint density at radius 2 is 2.00 bits per heavy atom. The highest BCUT2D eigenvalue weighted by molar-refractivity contribution is 9.10. The van der Waals surface area contributed by atoms with Gasteiger partial charge in [0.15, 0.2) is 0 Å². The molecule has 0 saturated heterocycles. The van der Waals surface area contributed by atoms with Crippen molar-refractivity contribution in [2.45, 2.75) is 6.61 Å². The summed E-state index contributed by atoms with van der Waals surface area (Å²) >= 11 is 3.51. The number of hydrogen-bond acceptors (Lipinski definition) is 3. The smallest absolute Gasteiger partial charge is 0.136 e. The lowest BCUT2D eigenvalue weighted by atomic mass is 10.2. The lowest BCUT2D eigenvalue weighted by Gasteiger charge is -2.09. The number of fused-ring (bicyclic) bond motifs is 1. The van der Waals surface area contributed by atoms with Gasteiger partial charge in [0.1, 0.15) is 18.1 Å². The molecule has 0 unspecified atom stereocenters. The van der Waals surface area contributed by atoms with Crippen molar-refractivity contribution in [1.29, 1.82) is 0 Å². The third-order valence-electron chi connectivity index (χ3n) is 3.03. The van der Waals surface area contributed by atoms with Crippen LogP contribution in [0, 0.1) is 0 Å². The summed E-state index contributed by atoms with van der Waals surface area (Å²) in [6.07, 6.45) is 1.67. The van der Waals surface area contributed by atoms with Crippen LogP contribution in [-0.2, 0) is 6.61 Å². The van der Waals surface area contributed by atoms with Crippen LogP contribution in [0.3, 0.4) is 0 Å². The van der Waals surface area contributed by atoms with Crippen LogP contribution < -0.4 is 9.47 Å². The average Bonchev–Trinajstić information content (AvgIpc) is 2.92. The zero-order valence-electron chi connectivity index (χ0n) is 10.9. The first-order chi connectivity index (χ1) is 9.76. The number of aromatic nitrogens is 2. The van der Waals surface area contributed by atoms with Crippen LogP contribution in [0.2, 0.25) is 0 Å². The van der Waals surface area contributed by atoms with Gasteiger partial charge in [-0.1, -0.05) is 12.1 Å². The second-order valence-corrected chi connectivity index (χ2v) is 5.19. The van der Waals surface area contributed by atoms with Crippen LogP contribution in [0.25, 0.3) is 11.0 Å². The molecule has 5 heteroatoms. The van der Waals surface area contributed by atoms with Crippen LogP contribution in [0.5, 0.6) is 11.5 Å². The molecule has 0 aliphatic heterocycles. The number of halogens is 1. The van der Waals surface area contributed by atoms with Crippen molar-refractivity contribution in [3.8, 4) is 11.5 Å². The average molecular weight is 333 g/mol. The molecule has 2 aromatic carbocycles. The number of ether oxygens (including phenoxy) is 2. The third kappa shape index (κ3) is 2.63. The highest BCUT2D eigenvalue weighted by Gasteiger charge is 2.06. The van der Waals surface area contributed by atoms with E-state index >= 15 is 0 Å². The van der Waals surface area contributed by atoms with Crippen LogP contribution in [0.1, 0.15) is 5.56 Å². The number of methoxy groups -OCH3 is 1. The number of H-pyrrole nitrogens is 1. The molecule has 102 valence electrons. The first-order valence-electron chi connectivity index (χ1n) is 6.14. The van der Waals surface area contributed by atoms with E-state index < -0.39 is 0 Å². The minimum Gasteiger partial charge on any atom is -0.497 e. The number of nitrogens with zero attached hydrogens (tertiary/aromatic N) is 1. The summed E-state index contributed by atoms with van der Waals surface area (Å²) in [7, 11) is 1.65. The molecule has 0 atom stereocenters. The van der Waals surface area contributed by atoms with Crippen LogP contribution >= 0.6 is 15.9 Å². The number of benzene rings is 2. The van der Waals surface area contributed by atoms with Gasteiger partial charge in [-0.2, -0.15) is 0 Å². The largest absolute Gasteiger partial charge is 0.497 e. The van der Waals surface area contributed by atoms with Crippen molar-refractivity contribution in [2.24, 2.45) is 0 Å². The highest BCUT2D eigenvalue weighted by atomic mass is 79.9. The van der Waals surface area contributed by atoms with Gasteiger partial charge in [0.05, 0.1) is 28.9 Å². The molecule has 4 nitrogen and oxygen atoms in total. The molecule has 0 spiro atoms. The number of hydrogen-bond donors (Lipinski definition) is 1. The van der Waals surface area contributed by atoms with Gasteiger partial charge >= 0.3 is 0 Å². The molecule has 3 rings (SSSR count). The quantitative estimate of drug-likeness (QED) is 0.787. The van der Waals surface area contributed by atoms with E-state index in [0.29, 0.717) is 6.61 Å². The Balaban J connectivity index is 1.76. The normalized spacial score (nSPS) is 10.7. The van der Waals surface area contributed by atoms with E-state index in [4.69, 9.17) is 9.47 Å². The number of imidazole rings is 1. The second kappa shape index (κ2) is 5.54. The van der Waals surface area contributed by atoms with Gasteiger partial charge in [-0.05, 0) is 39.7 Å². The van der Waals surface area contributed by atoms with Gasteiger partial charge < -0.3 is 14.5 Å². The summed E-state index contributed by atoms with van der Waals surface area (Å²) in [5.41, 5.74) is 2.95. The van der Waals surface area contributed by atoms with Crippen molar-refractivity contribution in [3.63, 3.8) is 0 Å². The molecule has 0 bridgehead atoms. The Kier molecular flexibility index (Phi) is 3.60. The number of nitrogens with one attached hydrogen (secondary N) is 1. The molecule has 0 saturated carbocycles. The first-order valence-corrected chi connectivity index (χ1v) is 6.94. The van der Waals surface area contributed by atoms with E-state index in [1.165, 1.54) is 0 Å². The molecular weight excluding hydrogens is 320 g/mol. The fraction of sp³-hybridized carbons (Fsp3) is 0.133. The van der Waals surface area contributed by atoms with Gasteiger partial charge in [0.2, 0.25) is 0 Å². The monoisotopic (exact) mass is 332 g/mol. The van der Waals surface area contributed by atoms with Crippen molar-refractivity contribution in [3.05, 3.63) is 52.8 Å². The molecule has 1 heterocycles. The lowest BCUT2D eigenvalue weighted by Crippen LogP contribution is -1.96. The fourth-order valence-electron chi connectivity index (χ4n) is 1.93. The SMILES string of the molecule is COc1ccc(COc2cc3nc[nH]c3cc2Br)cc1. The van der Waals surface area contributed by atoms with Crippen molar-refractivity contribution in [2.75, 3.05) is 7.11 Å². The molecule has 1 aromatic heterocycles. The van der Waals surface area contributed by atoms with Crippen LogP contribution in [0.4, 0.5) is 0 Å². The van der Waals surface area contributed by atoms with Crippen molar-refractivity contribution in [1.82, 2.24) is 9.97 Å². The van der Waals surface area contributed by atoms with E-state index in [1.54, 1.807) is 13.4 Å². The molecular formula is C15H13BrN2O2. The van der Waals surface area contributed by atoms with Crippen molar-refractivity contribution >= 4 is 27.0 Å². The molecule has 0 aliphatic carbocycles. The zero-order chi connectivity index (χ0) is 13.9. The molecule has 1 N–H and O–H groups in total. The Bertz CT molecular complexity index is 722. The lowest BCUT2D eigenvalue weighted by molar-refractivity contribution is 0.304. The molecule has 0 radical (unpaired) electrons. The maximum atomic E-state index is 5.83. The molecule has 0 fully saturated rings. The van der Waals surface area contributed by atoms with E-state index in [9.17, 15) is 0 Å². The first kappa shape index (κ1) is 13.0.